The molecule has 1 aromatic carbocycles. The highest BCUT2D eigenvalue weighted by Gasteiger charge is 2.14. The zero-order valence-corrected chi connectivity index (χ0v) is 12.3. The fraction of sp³-hybridized carbons (Fsp3) is 0.200. The molecule has 0 bridgehead atoms. The van der Waals surface area contributed by atoms with E-state index < -0.39 is 0 Å². The van der Waals surface area contributed by atoms with Crippen molar-refractivity contribution in [1.29, 1.82) is 10.5 Å². The predicted molar refractivity (Wildman–Crippen MR) is 80.3 cm³/mol. The van der Waals surface area contributed by atoms with Gasteiger partial charge in [0.2, 0.25) is 0 Å². The summed E-state index contributed by atoms with van der Waals surface area (Å²) in [4.78, 5) is 8.18. The summed E-state index contributed by atoms with van der Waals surface area (Å²) in [7, 11) is 0. The molecule has 1 heterocycles. The van der Waals surface area contributed by atoms with E-state index in [1.165, 1.54) is 6.33 Å². The van der Waals surface area contributed by atoms with E-state index in [0.29, 0.717) is 27.8 Å². The van der Waals surface area contributed by atoms with Gasteiger partial charge >= 0.3 is 0 Å². The summed E-state index contributed by atoms with van der Waals surface area (Å²) in [5.74, 6) is 0.744. The van der Waals surface area contributed by atoms with Crippen molar-refractivity contribution in [3.05, 3.63) is 46.4 Å². The Labute approximate surface area is 127 Å². The largest absolute Gasteiger partial charge is 0.340 e. The third-order valence-electron chi connectivity index (χ3n) is 2.94. The van der Waals surface area contributed by atoms with Crippen molar-refractivity contribution in [3.8, 4) is 12.1 Å². The van der Waals surface area contributed by atoms with Gasteiger partial charge in [-0.1, -0.05) is 25.4 Å². The van der Waals surface area contributed by atoms with Crippen molar-refractivity contribution in [2.45, 2.75) is 19.8 Å². The number of benzene rings is 1. The second-order valence-corrected chi connectivity index (χ2v) is 5.05. The van der Waals surface area contributed by atoms with E-state index in [4.69, 9.17) is 22.1 Å². The van der Waals surface area contributed by atoms with Gasteiger partial charge in [-0.15, -0.1) is 0 Å². The Morgan fingerprint density at radius 2 is 1.86 bits per heavy atom. The minimum absolute atomic E-state index is 0.148. The molecule has 0 saturated carbocycles. The fourth-order valence-corrected chi connectivity index (χ4v) is 2.29. The monoisotopic (exact) mass is 297 g/mol. The summed E-state index contributed by atoms with van der Waals surface area (Å²) in [6.07, 6.45) is 1.38. The average Bonchev–Trinajstić information content (AvgIpc) is 2.46. The van der Waals surface area contributed by atoms with Crippen LogP contribution in [0.3, 0.4) is 0 Å². The van der Waals surface area contributed by atoms with Crippen LogP contribution in [0.25, 0.3) is 0 Å². The molecule has 0 atom stereocenters. The van der Waals surface area contributed by atoms with Crippen molar-refractivity contribution in [2.75, 3.05) is 5.32 Å². The molecular formula is C15H12ClN5. The van der Waals surface area contributed by atoms with Crippen molar-refractivity contribution in [2.24, 2.45) is 0 Å². The van der Waals surface area contributed by atoms with Gasteiger partial charge in [0.05, 0.1) is 11.1 Å². The molecule has 5 nitrogen and oxygen atoms in total. The van der Waals surface area contributed by atoms with Crippen LogP contribution in [0.5, 0.6) is 0 Å². The molecule has 0 fully saturated rings. The minimum atomic E-state index is 0.148. The Morgan fingerprint density at radius 3 is 2.48 bits per heavy atom. The zero-order valence-electron chi connectivity index (χ0n) is 11.6. The predicted octanol–water partition coefficient (Wildman–Crippen LogP) is 3.74. The number of hydrogen-bond acceptors (Lipinski definition) is 5. The van der Waals surface area contributed by atoms with Gasteiger partial charge in [0.1, 0.15) is 29.4 Å². The Bertz CT molecular complexity index is 756. The van der Waals surface area contributed by atoms with Gasteiger partial charge in [0.25, 0.3) is 0 Å². The zero-order chi connectivity index (χ0) is 15.4. The first-order chi connectivity index (χ1) is 10.1. The first-order valence-corrected chi connectivity index (χ1v) is 6.66. The van der Waals surface area contributed by atoms with Gasteiger partial charge in [-0.3, -0.25) is 0 Å². The number of nitrogens with zero attached hydrogens (tertiary/aromatic N) is 4. The van der Waals surface area contributed by atoms with E-state index in [0.717, 1.165) is 5.56 Å². The Morgan fingerprint density at radius 1 is 1.14 bits per heavy atom. The van der Waals surface area contributed by atoms with Crippen molar-refractivity contribution in [3.63, 3.8) is 0 Å². The molecular weight excluding hydrogens is 286 g/mol. The van der Waals surface area contributed by atoms with Gasteiger partial charge in [-0.2, -0.15) is 10.5 Å². The van der Waals surface area contributed by atoms with E-state index >= 15 is 0 Å². The quantitative estimate of drug-likeness (QED) is 0.872. The second-order valence-electron chi connectivity index (χ2n) is 4.69. The molecule has 21 heavy (non-hydrogen) atoms. The maximum Gasteiger partial charge on any atom is 0.138 e. The number of aromatic nitrogens is 2. The number of rotatable bonds is 3. The maximum absolute atomic E-state index is 9.05. The van der Waals surface area contributed by atoms with Gasteiger partial charge < -0.3 is 5.32 Å². The van der Waals surface area contributed by atoms with Crippen molar-refractivity contribution in [1.82, 2.24) is 9.97 Å². The van der Waals surface area contributed by atoms with E-state index in [9.17, 15) is 0 Å². The van der Waals surface area contributed by atoms with Gasteiger partial charge in [0.15, 0.2) is 0 Å². The molecule has 0 spiro atoms. The number of halogens is 1. The molecule has 1 aromatic heterocycles. The average molecular weight is 298 g/mol. The highest BCUT2D eigenvalue weighted by Crippen LogP contribution is 2.30. The summed E-state index contributed by atoms with van der Waals surface area (Å²) >= 11 is 6.11. The first-order valence-electron chi connectivity index (χ1n) is 6.28. The Hall–Kier alpha value is -2.63. The van der Waals surface area contributed by atoms with Gasteiger partial charge in [-0.05, 0) is 24.1 Å². The molecule has 1 N–H and O–H groups in total. The lowest BCUT2D eigenvalue weighted by atomic mass is 10.1. The van der Waals surface area contributed by atoms with Crippen molar-refractivity contribution >= 4 is 23.1 Å². The standard InChI is InChI=1S/C15H12ClN5/c1-9(2)13-14(16)19-8-20-15(13)21-12-4-3-10(6-17)11(5-12)7-18/h3-5,8-9H,1-2H3,(H,19,20,21). The number of nitriles is 2. The third-order valence-corrected chi connectivity index (χ3v) is 3.24. The van der Waals surface area contributed by atoms with Crippen LogP contribution in [0.4, 0.5) is 11.5 Å². The summed E-state index contributed by atoms with van der Waals surface area (Å²) in [6, 6.07) is 8.91. The Kier molecular flexibility index (Phi) is 4.37. The van der Waals surface area contributed by atoms with Crippen LogP contribution < -0.4 is 5.32 Å². The molecule has 0 aliphatic rings. The second kappa shape index (κ2) is 6.21. The fourth-order valence-electron chi connectivity index (χ4n) is 1.93. The summed E-state index contributed by atoms with van der Waals surface area (Å²) in [6.45, 7) is 3.99. The van der Waals surface area contributed by atoms with Gasteiger partial charge in [0, 0.05) is 11.3 Å². The number of anilines is 2. The topological polar surface area (TPSA) is 85.4 Å². The van der Waals surface area contributed by atoms with Crippen LogP contribution in [0.1, 0.15) is 36.5 Å². The molecule has 0 unspecified atom stereocenters. The summed E-state index contributed by atoms with van der Waals surface area (Å²) in [5, 5.41) is 21.5. The molecule has 0 aliphatic heterocycles. The van der Waals surface area contributed by atoms with E-state index in [1.54, 1.807) is 18.2 Å². The van der Waals surface area contributed by atoms with Crippen LogP contribution in [-0.2, 0) is 0 Å². The SMILES string of the molecule is CC(C)c1c(Cl)ncnc1Nc1ccc(C#N)c(C#N)c1. The lowest BCUT2D eigenvalue weighted by Crippen LogP contribution is -2.03. The number of nitrogens with one attached hydrogen (secondary N) is 1. The lowest BCUT2D eigenvalue weighted by Gasteiger charge is -2.14. The normalized spacial score (nSPS) is 10.0. The van der Waals surface area contributed by atoms with Crippen LogP contribution in [0.2, 0.25) is 5.15 Å². The number of hydrogen-bond donors (Lipinski definition) is 1. The third kappa shape index (κ3) is 3.10. The molecule has 0 radical (unpaired) electrons. The summed E-state index contributed by atoms with van der Waals surface area (Å²) in [5.41, 5.74) is 2.13. The lowest BCUT2D eigenvalue weighted by molar-refractivity contribution is 0.850. The highest BCUT2D eigenvalue weighted by atomic mass is 35.5. The highest BCUT2D eigenvalue weighted by molar-refractivity contribution is 6.30. The molecule has 2 rings (SSSR count). The summed E-state index contributed by atoms with van der Waals surface area (Å²) < 4.78 is 0. The molecule has 6 heteroatoms. The molecule has 0 amide bonds. The molecule has 0 aliphatic carbocycles. The van der Waals surface area contributed by atoms with E-state index in [1.807, 2.05) is 26.0 Å². The van der Waals surface area contributed by atoms with Crippen LogP contribution in [0.15, 0.2) is 24.5 Å². The minimum Gasteiger partial charge on any atom is -0.340 e. The smallest absolute Gasteiger partial charge is 0.138 e. The molecule has 0 saturated heterocycles. The first kappa shape index (κ1) is 14.8. The van der Waals surface area contributed by atoms with Crippen LogP contribution >= 0.6 is 11.6 Å². The molecule has 2 aromatic rings. The Balaban J connectivity index is 2.43. The van der Waals surface area contributed by atoms with Gasteiger partial charge in [-0.25, -0.2) is 9.97 Å². The van der Waals surface area contributed by atoms with E-state index in [-0.39, 0.29) is 5.92 Å². The van der Waals surface area contributed by atoms with Crippen LogP contribution in [0, 0.1) is 22.7 Å². The van der Waals surface area contributed by atoms with E-state index in [2.05, 4.69) is 15.3 Å². The maximum atomic E-state index is 9.05. The molecule has 104 valence electrons. The van der Waals surface area contributed by atoms with Crippen molar-refractivity contribution < 1.29 is 0 Å². The van der Waals surface area contributed by atoms with Crippen LogP contribution in [-0.4, -0.2) is 9.97 Å².